The molecule has 0 atom stereocenters. The van der Waals surface area contributed by atoms with Crippen LogP contribution in [0.4, 0.5) is 5.69 Å². The van der Waals surface area contributed by atoms with Crippen molar-refractivity contribution in [1.82, 2.24) is 9.21 Å². The molecule has 0 radical (unpaired) electrons. The van der Waals surface area contributed by atoms with Crippen LogP contribution in [0.25, 0.3) is 0 Å². The summed E-state index contributed by atoms with van der Waals surface area (Å²) >= 11 is 1.22. The highest BCUT2D eigenvalue weighted by Gasteiger charge is 2.34. The van der Waals surface area contributed by atoms with Crippen molar-refractivity contribution in [2.75, 3.05) is 37.6 Å². The number of carbonyl (C=O) groups excluding carboxylic acids is 1. The van der Waals surface area contributed by atoms with Gasteiger partial charge in [-0.25, -0.2) is 8.42 Å². The van der Waals surface area contributed by atoms with E-state index in [1.807, 2.05) is 24.3 Å². The van der Waals surface area contributed by atoms with Gasteiger partial charge < -0.3 is 9.80 Å². The molecule has 0 N–H and O–H groups in total. The maximum atomic E-state index is 13.5. The van der Waals surface area contributed by atoms with Crippen molar-refractivity contribution in [3.8, 4) is 0 Å². The van der Waals surface area contributed by atoms with Crippen LogP contribution in [-0.2, 0) is 23.0 Å². The molecule has 3 heterocycles. The fourth-order valence-corrected chi connectivity index (χ4v) is 7.39. The van der Waals surface area contributed by atoms with Crippen LogP contribution in [0.1, 0.15) is 26.4 Å². The van der Waals surface area contributed by atoms with Crippen molar-refractivity contribution < 1.29 is 13.2 Å². The number of piperazine rings is 1. The molecule has 1 amide bonds. The zero-order chi connectivity index (χ0) is 23.0. The lowest BCUT2D eigenvalue weighted by Crippen LogP contribution is -2.49. The summed E-state index contributed by atoms with van der Waals surface area (Å²) in [6, 6.07) is 17.9. The van der Waals surface area contributed by atoms with Gasteiger partial charge in [0.15, 0.2) is 0 Å². The Balaban J connectivity index is 1.31. The molecule has 1 aromatic heterocycles. The maximum absolute atomic E-state index is 13.5. The Morgan fingerprint density at radius 3 is 2.42 bits per heavy atom. The molecule has 2 aromatic carbocycles. The summed E-state index contributed by atoms with van der Waals surface area (Å²) in [5, 5.41) is 1.71. The van der Waals surface area contributed by atoms with Gasteiger partial charge in [-0.15, -0.1) is 11.3 Å². The highest BCUT2D eigenvalue weighted by molar-refractivity contribution is 7.89. The second-order valence-corrected chi connectivity index (χ2v) is 11.4. The van der Waals surface area contributed by atoms with E-state index in [1.165, 1.54) is 26.8 Å². The Morgan fingerprint density at radius 1 is 0.909 bits per heavy atom. The number of thiophene rings is 1. The van der Waals surface area contributed by atoms with E-state index in [2.05, 4.69) is 36.1 Å². The molecule has 0 spiro atoms. The van der Waals surface area contributed by atoms with Gasteiger partial charge in [-0.2, -0.15) is 4.31 Å². The van der Waals surface area contributed by atoms with Gasteiger partial charge in [-0.1, -0.05) is 36.4 Å². The Labute approximate surface area is 199 Å². The number of anilines is 1. The Bertz CT molecular complexity index is 1280. The predicted molar refractivity (Wildman–Crippen MR) is 131 cm³/mol. The largest absolute Gasteiger partial charge is 0.368 e. The minimum Gasteiger partial charge on any atom is -0.368 e. The second-order valence-electron chi connectivity index (χ2n) is 8.59. The van der Waals surface area contributed by atoms with E-state index in [1.54, 1.807) is 16.3 Å². The topological polar surface area (TPSA) is 60.9 Å². The summed E-state index contributed by atoms with van der Waals surface area (Å²) in [5.41, 5.74) is 4.59. The molecule has 8 heteroatoms. The van der Waals surface area contributed by atoms with E-state index in [4.69, 9.17) is 0 Å². The number of aryl methyl sites for hydroxylation is 1. The molecule has 0 saturated carbocycles. The second kappa shape index (κ2) is 8.93. The SMILES string of the molecule is Cc1cccc(N2CCN(C(=O)c3sccc3S(=O)(=O)N3CCc4ccccc4C3)CC2)c1. The lowest BCUT2D eigenvalue weighted by atomic mass is 10.0. The molecule has 33 heavy (non-hydrogen) atoms. The molecule has 1 fully saturated rings. The molecule has 2 aliphatic heterocycles. The van der Waals surface area contributed by atoms with E-state index < -0.39 is 10.0 Å². The zero-order valence-electron chi connectivity index (χ0n) is 18.6. The minimum atomic E-state index is -3.75. The standard InChI is InChI=1S/C25H27N3O3S2/c1-19-5-4-8-22(17-19)26-12-14-27(15-13-26)25(29)24-23(10-16-32-24)33(30,31)28-11-9-20-6-2-3-7-21(20)18-28/h2-8,10,16-17H,9,11-15,18H2,1H3. The summed E-state index contributed by atoms with van der Waals surface area (Å²) in [4.78, 5) is 17.8. The van der Waals surface area contributed by atoms with Gasteiger partial charge in [0.05, 0.1) is 0 Å². The van der Waals surface area contributed by atoms with Crippen LogP contribution < -0.4 is 4.90 Å². The van der Waals surface area contributed by atoms with Crippen molar-refractivity contribution in [3.63, 3.8) is 0 Å². The number of hydrogen-bond donors (Lipinski definition) is 0. The minimum absolute atomic E-state index is 0.137. The first-order valence-electron chi connectivity index (χ1n) is 11.2. The van der Waals surface area contributed by atoms with Crippen LogP contribution in [0.3, 0.4) is 0 Å². The van der Waals surface area contributed by atoms with Crippen LogP contribution in [-0.4, -0.2) is 56.3 Å². The monoisotopic (exact) mass is 481 g/mol. The molecule has 6 nitrogen and oxygen atoms in total. The summed E-state index contributed by atoms with van der Waals surface area (Å²) in [5.74, 6) is -0.190. The number of nitrogens with zero attached hydrogens (tertiary/aromatic N) is 3. The van der Waals surface area contributed by atoms with Gasteiger partial charge in [-0.3, -0.25) is 4.79 Å². The number of amides is 1. The van der Waals surface area contributed by atoms with Crippen molar-refractivity contribution in [1.29, 1.82) is 0 Å². The van der Waals surface area contributed by atoms with Gasteiger partial charge in [0.25, 0.3) is 5.91 Å². The lowest BCUT2D eigenvalue weighted by Gasteiger charge is -2.36. The molecule has 0 aliphatic carbocycles. The summed E-state index contributed by atoms with van der Waals surface area (Å²) < 4.78 is 28.5. The maximum Gasteiger partial charge on any atom is 0.265 e. The van der Waals surface area contributed by atoms with E-state index in [0.717, 1.165) is 24.3 Å². The van der Waals surface area contributed by atoms with Gasteiger partial charge in [0.1, 0.15) is 9.77 Å². The molecule has 0 bridgehead atoms. The molecular formula is C25H27N3O3S2. The molecular weight excluding hydrogens is 454 g/mol. The van der Waals surface area contributed by atoms with E-state index in [-0.39, 0.29) is 10.8 Å². The van der Waals surface area contributed by atoms with Crippen molar-refractivity contribution >= 4 is 33.0 Å². The van der Waals surface area contributed by atoms with Crippen LogP contribution in [0.2, 0.25) is 0 Å². The van der Waals surface area contributed by atoms with Crippen molar-refractivity contribution in [2.24, 2.45) is 0 Å². The van der Waals surface area contributed by atoms with Crippen LogP contribution in [0.5, 0.6) is 0 Å². The molecule has 0 unspecified atom stereocenters. The first kappa shape index (κ1) is 22.1. The third-order valence-corrected chi connectivity index (χ3v) is 9.39. The fourth-order valence-electron chi connectivity index (χ4n) is 4.61. The third kappa shape index (κ3) is 4.30. The summed E-state index contributed by atoms with van der Waals surface area (Å²) in [7, 11) is -3.75. The smallest absolute Gasteiger partial charge is 0.265 e. The number of benzene rings is 2. The van der Waals surface area contributed by atoms with E-state index >= 15 is 0 Å². The number of rotatable bonds is 4. The molecule has 172 valence electrons. The first-order valence-corrected chi connectivity index (χ1v) is 13.5. The summed E-state index contributed by atoms with van der Waals surface area (Å²) in [6.07, 6.45) is 0.684. The van der Waals surface area contributed by atoms with E-state index in [9.17, 15) is 13.2 Å². The van der Waals surface area contributed by atoms with E-state index in [0.29, 0.717) is 37.5 Å². The van der Waals surface area contributed by atoms with Gasteiger partial charge in [-0.05, 0) is 53.6 Å². The van der Waals surface area contributed by atoms with Crippen LogP contribution in [0.15, 0.2) is 64.9 Å². The molecule has 3 aromatic rings. The van der Waals surface area contributed by atoms with Gasteiger partial charge in [0.2, 0.25) is 10.0 Å². The average Bonchev–Trinajstić information content (AvgIpc) is 3.34. The Morgan fingerprint density at radius 2 is 1.67 bits per heavy atom. The Hall–Kier alpha value is -2.68. The molecule has 2 aliphatic rings. The predicted octanol–water partition coefficient (Wildman–Crippen LogP) is 3.77. The number of carbonyl (C=O) groups is 1. The fraction of sp³-hybridized carbons (Fsp3) is 0.320. The van der Waals surface area contributed by atoms with Crippen LogP contribution >= 0.6 is 11.3 Å². The normalized spacial score (nSPS) is 17.1. The van der Waals surface area contributed by atoms with Gasteiger partial charge in [0, 0.05) is 45.0 Å². The van der Waals surface area contributed by atoms with Crippen molar-refractivity contribution in [3.05, 3.63) is 81.5 Å². The van der Waals surface area contributed by atoms with Crippen molar-refractivity contribution in [2.45, 2.75) is 24.8 Å². The number of hydrogen-bond acceptors (Lipinski definition) is 5. The highest BCUT2D eigenvalue weighted by atomic mass is 32.2. The number of fused-ring (bicyclic) bond motifs is 1. The molecule has 1 saturated heterocycles. The summed E-state index contributed by atoms with van der Waals surface area (Å²) in [6.45, 7) is 5.44. The first-order chi connectivity index (χ1) is 15.9. The number of sulfonamides is 1. The third-order valence-electron chi connectivity index (χ3n) is 6.47. The van der Waals surface area contributed by atoms with Crippen LogP contribution in [0, 0.1) is 6.92 Å². The average molecular weight is 482 g/mol. The lowest BCUT2D eigenvalue weighted by molar-refractivity contribution is 0.0748. The quantitative estimate of drug-likeness (QED) is 0.569. The van der Waals surface area contributed by atoms with Gasteiger partial charge >= 0.3 is 0 Å². The molecule has 5 rings (SSSR count). The highest BCUT2D eigenvalue weighted by Crippen LogP contribution is 2.30. The Kier molecular flexibility index (Phi) is 5.99. The zero-order valence-corrected chi connectivity index (χ0v) is 20.2.